The molecule has 0 radical (unpaired) electrons. The summed E-state index contributed by atoms with van der Waals surface area (Å²) in [4.78, 5) is 1.60. The molecule has 0 saturated heterocycles. The van der Waals surface area contributed by atoms with Gasteiger partial charge in [-0.05, 0) is 25.5 Å². The molecule has 0 aliphatic heterocycles. The Bertz CT molecular complexity index is 431. The third-order valence-corrected chi connectivity index (χ3v) is 6.23. The smallest absolute Gasteiger partial charge is 0.138 e. The molecule has 0 N–H and O–H groups in total. The summed E-state index contributed by atoms with van der Waals surface area (Å²) in [6.07, 6.45) is 1.29. The molecule has 1 atom stereocenters. The van der Waals surface area contributed by atoms with Crippen LogP contribution in [0.25, 0.3) is 10.1 Å². The van der Waals surface area contributed by atoms with E-state index in [0.717, 1.165) is 0 Å². The molecular weight excluding hydrogens is 220 g/mol. The van der Waals surface area contributed by atoms with E-state index in [4.69, 9.17) is 0 Å². The van der Waals surface area contributed by atoms with Gasteiger partial charge in [-0.25, -0.2) is 0 Å². The van der Waals surface area contributed by atoms with Crippen molar-refractivity contribution in [3.8, 4) is 0 Å². The van der Waals surface area contributed by atoms with Crippen molar-refractivity contribution >= 4 is 32.3 Å². The summed E-state index contributed by atoms with van der Waals surface area (Å²) in [6.45, 7) is 4.59. The lowest BCUT2D eigenvalue weighted by atomic mass is 10.3. The molecule has 0 aliphatic carbocycles. The van der Waals surface area contributed by atoms with Crippen molar-refractivity contribution < 1.29 is 0 Å². The summed E-state index contributed by atoms with van der Waals surface area (Å²) in [5.74, 6) is 2.63. The molecule has 1 aromatic heterocycles. The number of hydrogen-bond donors (Lipinski definition) is 0. The SMILES string of the molecule is CCC[S+](CC)c1csc2ccccc12. The van der Waals surface area contributed by atoms with Crippen LogP contribution < -0.4 is 0 Å². The summed E-state index contributed by atoms with van der Waals surface area (Å²) in [7, 11) is 0.472. The molecule has 2 heteroatoms. The molecule has 0 bridgehead atoms. The highest BCUT2D eigenvalue weighted by Crippen LogP contribution is 2.31. The highest BCUT2D eigenvalue weighted by atomic mass is 32.2. The summed E-state index contributed by atoms with van der Waals surface area (Å²) < 4.78 is 1.44. The van der Waals surface area contributed by atoms with Crippen molar-refractivity contribution in [1.82, 2.24) is 0 Å². The van der Waals surface area contributed by atoms with Gasteiger partial charge in [0.2, 0.25) is 0 Å². The average molecular weight is 237 g/mol. The van der Waals surface area contributed by atoms with Crippen LogP contribution >= 0.6 is 11.3 Å². The fourth-order valence-corrected chi connectivity index (χ4v) is 5.21. The molecule has 0 spiro atoms. The molecular formula is C13H17S2+. The van der Waals surface area contributed by atoms with Crippen molar-refractivity contribution in [3.05, 3.63) is 29.6 Å². The van der Waals surface area contributed by atoms with Gasteiger partial charge in [0, 0.05) is 26.4 Å². The summed E-state index contributed by atoms with van der Waals surface area (Å²) in [5, 5.41) is 3.86. The lowest BCUT2D eigenvalue weighted by molar-refractivity contribution is 1.09. The minimum atomic E-state index is 0.472. The lowest BCUT2D eigenvalue weighted by Gasteiger charge is -2.02. The second kappa shape index (κ2) is 5.04. The van der Waals surface area contributed by atoms with Crippen molar-refractivity contribution in [3.63, 3.8) is 0 Å². The quantitative estimate of drug-likeness (QED) is 0.695. The first-order valence-corrected chi connectivity index (χ1v) is 7.94. The number of benzene rings is 1. The fraction of sp³-hybridized carbons (Fsp3) is 0.385. The zero-order chi connectivity index (χ0) is 10.7. The molecule has 15 heavy (non-hydrogen) atoms. The Hall–Kier alpha value is -0.470. The summed E-state index contributed by atoms with van der Waals surface area (Å²) in [6, 6.07) is 8.79. The van der Waals surface area contributed by atoms with E-state index in [-0.39, 0.29) is 0 Å². The zero-order valence-electron chi connectivity index (χ0n) is 9.32. The van der Waals surface area contributed by atoms with Gasteiger partial charge >= 0.3 is 0 Å². The normalized spacial score (nSPS) is 13.2. The van der Waals surface area contributed by atoms with Gasteiger partial charge in [-0.1, -0.05) is 19.1 Å². The second-order valence-corrected chi connectivity index (χ2v) is 6.90. The Morgan fingerprint density at radius 3 is 2.73 bits per heavy atom. The first-order valence-electron chi connectivity index (χ1n) is 5.50. The monoisotopic (exact) mass is 237 g/mol. The Kier molecular flexibility index (Phi) is 3.71. The van der Waals surface area contributed by atoms with Crippen LogP contribution in [-0.2, 0) is 10.9 Å². The Labute approximate surface area is 98.7 Å². The van der Waals surface area contributed by atoms with E-state index in [1.165, 1.54) is 28.0 Å². The third kappa shape index (κ3) is 2.21. The summed E-state index contributed by atoms with van der Waals surface area (Å²) >= 11 is 1.89. The van der Waals surface area contributed by atoms with Crippen LogP contribution in [0, 0.1) is 0 Å². The van der Waals surface area contributed by atoms with E-state index in [9.17, 15) is 0 Å². The molecule has 1 heterocycles. The minimum Gasteiger partial charge on any atom is -0.138 e. The molecule has 2 aromatic rings. The van der Waals surface area contributed by atoms with Crippen molar-refractivity contribution in [2.24, 2.45) is 0 Å². The second-order valence-electron chi connectivity index (χ2n) is 3.58. The maximum Gasteiger partial charge on any atom is 0.173 e. The van der Waals surface area contributed by atoms with Crippen LogP contribution in [0.5, 0.6) is 0 Å². The molecule has 80 valence electrons. The van der Waals surface area contributed by atoms with Gasteiger partial charge in [0.25, 0.3) is 0 Å². The number of rotatable bonds is 4. The minimum absolute atomic E-state index is 0.472. The number of thiophene rings is 1. The lowest BCUT2D eigenvalue weighted by Crippen LogP contribution is -2.09. The van der Waals surface area contributed by atoms with Gasteiger partial charge in [0.05, 0.1) is 0 Å². The maximum absolute atomic E-state index is 2.37. The summed E-state index contributed by atoms with van der Waals surface area (Å²) in [5.41, 5.74) is 0. The van der Waals surface area contributed by atoms with Gasteiger partial charge in [-0.3, -0.25) is 0 Å². The Morgan fingerprint density at radius 1 is 1.20 bits per heavy atom. The molecule has 0 amide bonds. The standard InChI is InChI=1S/C13H17S2/c1-3-9-15(4-2)13-10-14-12-8-6-5-7-11(12)13/h5-8,10H,3-4,9H2,1-2H3/q+1. The van der Waals surface area contributed by atoms with Crippen LogP contribution in [0.3, 0.4) is 0 Å². The molecule has 0 aliphatic rings. The first-order chi connectivity index (χ1) is 7.36. The molecule has 1 aromatic carbocycles. The van der Waals surface area contributed by atoms with E-state index in [2.05, 4.69) is 43.5 Å². The predicted molar refractivity (Wildman–Crippen MR) is 73.2 cm³/mol. The molecule has 1 unspecified atom stereocenters. The molecule has 0 saturated carbocycles. The zero-order valence-corrected chi connectivity index (χ0v) is 11.0. The highest BCUT2D eigenvalue weighted by Gasteiger charge is 2.22. The van der Waals surface area contributed by atoms with Gasteiger partial charge in [-0.15, -0.1) is 11.3 Å². The fourth-order valence-electron chi connectivity index (χ4n) is 1.83. The third-order valence-electron chi connectivity index (χ3n) is 2.56. The van der Waals surface area contributed by atoms with E-state index < -0.39 is 0 Å². The van der Waals surface area contributed by atoms with Gasteiger partial charge < -0.3 is 0 Å². The highest BCUT2D eigenvalue weighted by molar-refractivity contribution is 7.97. The van der Waals surface area contributed by atoms with E-state index in [1.807, 2.05) is 11.3 Å². The van der Waals surface area contributed by atoms with E-state index in [1.54, 1.807) is 4.90 Å². The average Bonchev–Trinajstić information content (AvgIpc) is 2.70. The van der Waals surface area contributed by atoms with Crippen LogP contribution in [0.4, 0.5) is 0 Å². The predicted octanol–water partition coefficient (Wildman–Crippen LogP) is 4.31. The van der Waals surface area contributed by atoms with Crippen molar-refractivity contribution in [2.45, 2.75) is 25.2 Å². The van der Waals surface area contributed by atoms with Crippen LogP contribution in [0.15, 0.2) is 34.5 Å². The van der Waals surface area contributed by atoms with Gasteiger partial charge in [-0.2, -0.15) is 0 Å². The van der Waals surface area contributed by atoms with Crippen molar-refractivity contribution in [1.29, 1.82) is 0 Å². The maximum atomic E-state index is 2.37. The largest absolute Gasteiger partial charge is 0.173 e. The first kappa shape index (κ1) is 11.0. The van der Waals surface area contributed by atoms with Crippen LogP contribution in [0.1, 0.15) is 20.3 Å². The molecule has 0 fully saturated rings. The van der Waals surface area contributed by atoms with Crippen molar-refractivity contribution in [2.75, 3.05) is 11.5 Å². The van der Waals surface area contributed by atoms with Gasteiger partial charge in [0.1, 0.15) is 11.5 Å². The molecule has 2 rings (SSSR count). The van der Waals surface area contributed by atoms with Gasteiger partial charge in [0.15, 0.2) is 4.90 Å². The van der Waals surface area contributed by atoms with E-state index in [0.29, 0.717) is 10.9 Å². The van der Waals surface area contributed by atoms with E-state index >= 15 is 0 Å². The number of fused-ring (bicyclic) bond motifs is 1. The topological polar surface area (TPSA) is 0 Å². The van der Waals surface area contributed by atoms with Crippen LogP contribution in [-0.4, -0.2) is 11.5 Å². The Morgan fingerprint density at radius 2 is 2.00 bits per heavy atom. The van der Waals surface area contributed by atoms with Crippen LogP contribution in [0.2, 0.25) is 0 Å². The molecule has 0 nitrogen and oxygen atoms in total. The number of hydrogen-bond acceptors (Lipinski definition) is 1. The Balaban J connectivity index is 2.41.